The first kappa shape index (κ1) is 9.11. The van der Waals surface area contributed by atoms with Gasteiger partial charge >= 0.3 is 11.9 Å². The summed E-state index contributed by atoms with van der Waals surface area (Å²) >= 11 is 0. The van der Waals surface area contributed by atoms with Crippen LogP contribution in [-0.4, -0.2) is 11.9 Å². The van der Waals surface area contributed by atoms with E-state index in [0.29, 0.717) is 5.76 Å². The number of hydrogen-bond acceptors (Lipinski definition) is 3. The Hall–Kier alpha value is -1.98. The highest BCUT2D eigenvalue weighted by atomic mass is 16.3. The molecule has 0 atom stereocenters. The summed E-state index contributed by atoms with van der Waals surface area (Å²) < 4.78 is 4.97. The zero-order valence-corrected chi connectivity index (χ0v) is 6.96. The summed E-state index contributed by atoms with van der Waals surface area (Å²) in [6.45, 7) is 1.71. The number of amides is 3. The molecule has 0 unspecified atom stereocenters. The molecule has 3 amide bonds. The number of furan rings is 1. The highest BCUT2D eigenvalue weighted by molar-refractivity contribution is 5.92. The Balaban J connectivity index is 2.54. The maximum atomic E-state index is 11.1. The summed E-state index contributed by atoms with van der Waals surface area (Å²) in [5, 5.41) is 0. The van der Waals surface area contributed by atoms with Crippen LogP contribution in [0.1, 0.15) is 16.3 Å². The van der Waals surface area contributed by atoms with Crippen molar-refractivity contribution in [2.24, 2.45) is 5.73 Å². The van der Waals surface area contributed by atoms with Crippen LogP contribution in [-0.2, 0) is 0 Å². The molecule has 1 aromatic heterocycles. The fraction of sp³-hybridized carbons (Fsp3) is 0.143. The van der Waals surface area contributed by atoms with Crippen LogP contribution in [0.15, 0.2) is 16.5 Å². The quantitative estimate of drug-likeness (QED) is 0.530. The third-order valence-electron chi connectivity index (χ3n) is 1.26. The molecule has 0 saturated carbocycles. The Labute approximate surface area is 74.1 Å². The van der Waals surface area contributed by atoms with Crippen molar-refractivity contribution < 1.29 is 14.0 Å². The highest BCUT2D eigenvalue weighted by Crippen LogP contribution is 2.04. The fourth-order valence-electron chi connectivity index (χ4n) is 0.737. The second kappa shape index (κ2) is 3.61. The van der Waals surface area contributed by atoms with E-state index in [-0.39, 0.29) is 5.76 Å². The van der Waals surface area contributed by atoms with Crippen LogP contribution in [0, 0.1) is 6.92 Å². The number of nitrogens with one attached hydrogen (secondary N) is 2. The summed E-state index contributed by atoms with van der Waals surface area (Å²) in [4.78, 5) is 21.3. The predicted molar refractivity (Wildman–Crippen MR) is 43.6 cm³/mol. The molecule has 0 bridgehead atoms. The minimum Gasteiger partial charge on any atom is -0.456 e. The van der Waals surface area contributed by atoms with Gasteiger partial charge in [0.05, 0.1) is 0 Å². The van der Waals surface area contributed by atoms with Crippen molar-refractivity contribution >= 4 is 11.9 Å². The average Bonchev–Trinajstić information content (AvgIpc) is 2.47. The Morgan fingerprint density at radius 2 is 2.08 bits per heavy atom. The number of primary amides is 1. The molecule has 0 aliphatic rings. The predicted octanol–water partition coefficient (Wildman–Crippen LogP) is -0.0989. The summed E-state index contributed by atoms with van der Waals surface area (Å²) in [5.74, 6) is 0.183. The van der Waals surface area contributed by atoms with Gasteiger partial charge in [-0.1, -0.05) is 0 Å². The first-order valence-corrected chi connectivity index (χ1v) is 3.52. The molecule has 1 heterocycles. The van der Waals surface area contributed by atoms with Gasteiger partial charge in [0, 0.05) is 0 Å². The standard InChI is InChI=1S/C7H9N3O3/c1-4-2-3-5(13-4)6(11)9-10-7(8)12/h2-3H,1H3,(H,9,11)(H3,8,10,12). The van der Waals surface area contributed by atoms with E-state index in [4.69, 9.17) is 10.2 Å². The minimum absolute atomic E-state index is 0.117. The lowest BCUT2D eigenvalue weighted by Gasteiger charge is -2.00. The molecule has 1 rings (SSSR count). The van der Waals surface area contributed by atoms with Crippen molar-refractivity contribution in [3.8, 4) is 0 Å². The van der Waals surface area contributed by atoms with E-state index in [9.17, 15) is 9.59 Å². The van der Waals surface area contributed by atoms with Crippen LogP contribution in [0.25, 0.3) is 0 Å². The van der Waals surface area contributed by atoms with E-state index in [1.54, 1.807) is 13.0 Å². The summed E-state index contributed by atoms with van der Waals surface area (Å²) in [7, 11) is 0. The Morgan fingerprint density at radius 1 is 1.38 bits per heavy atom. The number of aryl methyl sites for hydroxylation is 1. The van der Waals surface area contributed by atoms with Crippen molar-refractivity contribution in [1.82, 2.24) is 10.9 Å². The van der Waals surface area contributed by atoms with Gasteiger partial charge in [-0.05, 0) is 19.1 Å². The van der Waals surface area contributed by atoms with E-state index in [1.165, 1.54) is 6.07 Å². The van der Waals surface area contributed by atoms with Gasteiger partial charge in [-0.25, -0.2) is 10.2 Å². The first-order chi connectivity index (χ1) is 6.09. The molecule has 1 aromatic rings. The van der Waals surface area contributed by atoms with Crippen molar-refractivity contribution in [3.05, 3.63) is 23.7 Å². The van der Waals surface area contributed by atoms with Gasteiger partial charge < -0.3 is 10.2 Å². The molecule has 0 aromatic carbocycles. The molecular weight excluding hydrogens is 174 g/mol. The van der Waals surface area contributed by atoms with E-state index < -0.39 is 11.9 Å². The number of rotatable bonds is 1. The van der Waals surface area contributed by atoms with Gasteiger partial charge in [-0.15, -0.1) is 0 Å². The van der Waals surface area contributed by atoms with Crippen LogP contribution >= 0.6 is 0 Å². The van der Waals surface area contributed by atoms with Gasteiger partial charge in [0.25, 0.3) is 0 Å². The first-order valence-electron chi connectivity index (χ1n) is 3.52. The molecule has 0 saturated heterocycles. The fourth-order valence-corrected chi connectivity index (χ4v) is 0.737. The van der Waals surface area contributed by atoms with E-state index in [0.717, 1.165) is 0 Å². The zero-order valence-electron chi connectivity index (χ0n) is 6.96. The normalized spacial score (nSPS) is 9.31. The van der Waals surface area contributed by atoms with Gasteiger partial charge in [-0.2, -0.15) is 0 Å². The number of carbonyl (C=O) groups excluding carboxylic acids is 2. The highest BCUT2D eigenvalue weighted by Gasteiger charge is 2.09. The molecule has 13 heavy (non-hydrogen) atoms. The number of urea groups is 1. The Morgan fingerprint density at radius 3 is 2.54 bits per heavy atom. The van der Waals surface area contributed by atoms with E-state index in [2.05, 4.69) is 5.43 Å². The van der Waals surface area contributed by atoms with Crippen molar-refractivity contribution in [2.75, 3.05) is 0 Å². The third-order valence-corrected chi connectivity index (χ3v) is 1.26. The van der Waals surface area contributed by atoms with Crippen LogP contribution in [0.2, 0.25) is 0 Å². The maximum absolute atomic E-state index is 11.1. The lowest BCUT2D eigenvalue weighted by molar-refractivity contribution is 0.0908. The molecule has 70 valence electrons. The van der Waals surface area contributed by atoms with Crippen molar-refractivity contribution in [2.45, 2.75) is 6.92 Å². The van der Waals surface area contributed by atoms with Crippen LogP contribution in [0.5, 0.6) is 0 Å². The second-order valence-electron chi connectivity index (χ2n) is 2.35. The third kappa shape index (κ3) is 2.51. The average molecular weight is 183 g/mol. The van der Waals surface area contributed by atoms with Crippen molar-refractivity contribution in [3.63, 3.8) is 0 Å². The number of hydrazine groups is 1. The molecular formula is C7H9N3O3. The maximum Gasteiger partial charge on any atom is 0.330 e. The summed E-state index contributed by atoms with van der Waals surface area (Å²) in [6.07, 6.45) is 0. The number of carbonyl (C=O) groups is 2. The van der Waals surface area contributed by atoms with E-state index in [1.807, 2.05) is 5.43 Å². The smallest absolute Gasteiger partial charge is 0.330 e. The summed E-state index contributed by atoms with van der Waals surface area (Å²) in [6, 6.07) is 2.30. The molecule has 0 aliphatic heterocycles. The number of hydrogen-bond donors (Lipinski definition) is 3. The zero-order chi connectivity index (χ0) is 9.84. The molecule has 0 fully saturated rings. The Kier molecular flexibility index (Phi) is 2.53. The second-order valence-corrected chi connectivity index (χ2v) is 2.35. The van der Waals surface area contributed by atoms with Gasteiger partial charge in [-0.3, -0.25) is 10.2 Å². The number of nitrogens with two attached hydrogens (primary N) is 1. The molecule has 4 N–H and O–H groups in total. The topological polar surface area (TPSA) is 97.4 Å². The van der Waals surface area contributed by atoms with Gasteiger partial charge in [0.1, 0.15) is 5.76 Å². The van der Waals surface area contributed by atoms with Crippen molar-refractivity contribution in [1.29, 1.82) is 0 Å². The molecule has 0 aliphatic carbocycles. The minimum atomic E-state index is -0.836. The van der Waals surface area contributed by atoms with Gasteiger partial charge in [0.2, 0.25) is 0 Å². The Bertz CT molecular complexity index is 331. The summed E-state index contributed by atoms with van der Waals surface area (Å²) in [5.41, 5.74) is 8.72. The lowest BCUT2D eigenvalue weighted by atomic mass is 10.4. The molecule has 6 nitrogen and oxygen atoms in total. The SMILES string of the molecule is Cc1ccc(C(=O)NNC(N)=O)o1. The van der Waals surface area contributed by atoms with Crippen LogP contribution in [0.4, 0.5) is 4.79 Å². The largest absolute Gasteiger partial charge is 0.456 e. The molecule has 0 radical (unpaired) electrons. The monoisotopic (exact) mass is 183 g/mol. The molecule has 6 heteroatoms. The van der Waals surface area contributed by atoms with Gasteiger partial charge in [0.15, 0.2) is 5.76 Å². The lowest BCUT2D eigenvalue weighted by Crippen LogP contribution is -2.44. The van der Waals surface area contributed by atoms with Crippen LogP contribution < -0.4 is 16.6 Å². The van der Waals surface area contributed by atoms with E-state index >= 15 is 0 Å². The molecule has 0 spiro atoms. The van der Waals surface area contributed by atoms with Crippen LogP contribution in [0.3, 0.4) is 0 Å².